The number of fused-ring (bicyclic) bond motifs is 2. The lowest BCUT2D eigenvalue weighted by Crippen LogP contribution is -2.31. The number of halogens is 2. The van der Waals surface area contributed by atoms with Crippen LogP contribution >= 0.6 is 0 Å². The molecule has 0 spiro atoms. The van der Waals surface area contributed by atoms with Gasteiger partial charge in [-0.1, -0.05) is 18.2 Å². The van der Waals surface area contributed by atoms with E-state index in [2.05, 4.69) is 4.74 Å². The molecule has 2 aliphatic heterocycles. The van der Waals surface area contributed by atoms with E-state index < -0.39 is 6.61 Å². The minimum Gasteiger partial charge on any atom is -0.434 e. The summed E-state index contributed by atoms with van der Waals surface area (Å²) in [5.41, 5.74) is 0.664. The van der Waals surface area contributed by atoms with E-state index >= 15 is 0 Å². The summed E-state index contributed by atoms with van der Waals surface area (Å²) in [6, 6.07) is 6.81. The van der Waals surface area contributed by atoms with Crippen LogP contribution < -0.4 is 4.74 Å². The summed E-state index contributed by atoms with van der Waals surface area (Å²) in [6.45, 7) is -0.942. The molecule has 5 nitrogen and oxygen atoms in total. The molecule has 1 unspecified atom stereocenters. The lowest BCUT2D eigenvalue weighted by atomic mass is 10.0. The highest BCUT2D eigenvalue weighted by Gasteiger charge is 2.36. The molecule has 2 fully saturated rings. The molecule has 1 aromatic carbocycles. The summed E-state index contributed by atoms with van der Waals surface area (Å²) < 4.78 is 41.3. The molecule has 3 rings (SSSR count). The molecule has 0 aliphatic carbocycles. The van der Waals surface area contributed by atoms with Crippen LogP contribution in [-0.2, 0) is 19.1 Å². The highest BCUT2D eigenvalue weighted by atomic mass is 19.3. The molecular formula is C17H20F2O5. The summed E-state index contributed by atoms with van der Waals surface area (Å²) in [5, 5.41) is 0. The quantitative estimate of drug-likeness (QED) is 0.820. The second-order valence-corrected chi connectivity index (χ2v) is 5.83. The Labute approximate surface area is 138 Å². The molecule has 132 valence electrons. The summed E-state index contributed by atoms with van der Waals surface area (Å²) in [4.78, 5) is 16.2. The van der Waals surface area contributed by atoms with Gasteiger partial charge in [0.2, 0.25) is 0 Å². The lowest BCUT2D eigenvalue weighted by Gasteiger charge is -2.31. The van der Waals surface area contributed by atoms with Crippen molar-refractivity contribution in [1.29, 1.82) is 0 Å². The summed E-state index contributed by atoms with van der Waals surface area (Å²) >= 11 is 0. The maximum absolute atomic E-state index is 12.5. The predicted molar refractivity (Wildman–Crippen MR) is 78.5 cm³/mol. The van der Waals surface area contributed by atoms with E-state index in [0.717, 1.165) is 25.7 Å². The van der Waals surface area contributed by atoms with Crippen LogP contribution in [0.2, 0.25) is 0 Å². The van der Waals surface area contributed by atoms with Crippen molar-refractivity contribution in [3.05, 3.63) is 29.8 Å². The van der Waals surface area contributed by atoms with Crippen molar-refractivity contribution in [3.63, 3.8) is 0 Å². The van der Waals surface area contributed by atoms with Gasteiger partial charge in [-0.25, -0.2) is 0 Å². The number of hydrogen-bond acceptors (Lipinski definition) is 5. The first-order valence-electron chi connectivity index (χ1n) is 7.87. The number of ether oxygens (including phenoxy) is 3. The molecule has 0 amide bonds. The van der Waals surface area contributed by atoms with Gasteiger partial charge in [-0.2, -0.15) is 18.4 Å². The van der Waals surface area contributed by atoms with Crippen LogP contribution in [0.25, 0.3) is 0 Å². The number of rotatable bonds is 5. The maximum Gasteiger partial charge on any atom is 0.387 e. The van der Waals surface area contributed by atoms with Gasteiger partial charge >= 0.3 is 12.8 Å². The van der Waals surface area contributed by atoms with Gasteiger partial charge in [0.05, 0.1) is 24.4 Å². The van der Waals surface area contributed by atoms with Crippen molar-refractivity contribution < 1.29 is 32.6 Å². The zero-order valence-corrected chi connectivity index (χ0v) is 13.3. The zero-order valence-electron chi connectivity index (χ0n) is 13.3. The van der Waals surface area contributed by atoms with Crippen molar-refractivity contribution in [2.45, 2.75) is 63.6 Å². The van der Waals surface area contributed by atoms with Gasteiger partial charge in [0.15, 0.2) is 0 Å². The molecular weight excluding hydrogens is 322 g/mol. The second kappa shape index (κ2) is 8.87. The molecule has 2 aliphatic rings. The predicted octanol–water partition coefficient (Wildman–Crippen LogP) is 3.49. The normalized spacial score (nSPS) is 26.2. The first-order valence-corrected chi connectivity index (χ1v) is 7.87. The maximum atomic E-state index is 12.5. The fourth-order valence-electron chi connectivity index (χ4n) is 3.30. The largest absolute Gasteiger partial charge is 0.434 e. The van der Waals surface area contributed by atoms with Crippen molar-refractivity contribution in [3.8, 4) is 5.75 Å². The van der Waals surface area contributed by atoms with Crippen LogP contribution in [0.1, 0.15) is 44.3 Å². The Morgan fingerprint density at radius 3 is 2.33 bits per heavy atom. The zero-order chi connectivity index (χ0) is 17.5. The molecule has 4 atom stereocenters. The van der Waals surface area contributed by atoms with Gasteiger partial charge in [0.1, 0.15) is 5.75 Å². The van der Waals surface area contributed by atoms with Gasteiger partial charge in [0, 0.05) is 5.56 Å². The Kier molecular flexibility index (Phi) is 6.85. The van der Waals surface area contributed by atoms with E-state index in [4.69, 9.17) is 19.1 Å². The topological polar surface area (TPSA) is 61.8 Å². The number of hydrogen-bond donors (Lipinski definition) is 0. The van der Waals surface area contributed by atoms with E-state index in [1.165, 1.54) is 0 Å². The van der Waals surface area contributed by atoms with Crippen LogP contribution in [0.4, 0.5) is 8.78 Å². The van der Waals surface area contributed by atoms with Gasteiger partial charge in [-0.05, 0) is 38.7 Å². The lowest BCUT2D eigenvalue weighted by molar-refractivity contribution is -0.191. The van der Waals surface area contributed by atoms with Crippen LogP contribution in [0.5, 0.6) is 5.75 Å². The Morgan fingerprint density at radius 2 is 1.75 bits per heavy atom. The van der Waals surface area contributed by atoms with Crippen molar-refractivity contribution in [2.24, 2.45) is 0 Å². The monoisotopic (exact) mass is 342 g/mol. The third kappa shape index (κ3) is 5.09. The molecule has 0 radical (unpaired) electrons. The first-order chi connectivity index (χ1) is 11.5. The van der Waals surface area contributed by atoms with Crippen molar-refractivity contribution in [1.82, 2.24) is 0 Å². The molecule has 1 aromatic rings. The number of alkyl halides is 2. The van der Waals surface area contributed by atoms with Crippen LogP contribution in [-0.4, -0.2) is 31.1 Å². The molecule has 7 heteroatoms. The third-order valence-electron chi connectivity index (χ3n) is 4.22. The Morgan fingerprint density at radius 1 is 1.17 bits per heavy atom. The SMILES string of the molecule is C[C@H](OC1C[C@H]2CC[C@@H](C1)O2)c1ccccc1OC(F)F.O=C=O. The molecule has 2 bridgehead atoms. The average Bonchev–Trinajstić information content (AvgIpc) is 2.87. The molecule has 0 saturated carbocycles. The van der Waals surface area contributed by atoms with Crippen LogP contribution in [0, 0.1) is 0 Å². The Hall–Kier alpha value is -1.82. The number of para-hydroxylation sites is 1. The fourth-order valence-corrected chi connectivity index (χ4v) is 3.30. The van der Waals surface area contributed by atoms with Gasteiger partial charge < -0.3 is 14.2 Å². The summed E-state index contributed by atoms with van der Waals surface area (Å²) in [7, 11) is 0. The third-order valence-corrected chi connectivity index (χ3v) is 4.22. The van der Waals surface area contributed by atoms with Crippen LogP contribution in [0.3, 0.4) is 0 Å². The summed E-state index contributed by atoms with van der Waals surface area (Å²) in [5.74, 6) is 0.190. The van der Waals surface area contributed by atoms with E-state index in [1.807, 2.05) is 6.92 Å². The highest BCUT2D eigenvalue weighted by molar-refractivity contribution is 5.35. The van der Waals surface area contributed by atoms with Crippen molar-refractivity contribution >= 4 is 6.15 Å². The van der Waals surface area contributed by atoms with E-state index in [9.17, 15) is 8.78 Å². The molecule has 0 N–H and O–H groups in total. The van der Waals surface area contributed by atoms with Crippen LogP contribution in [0.15, 0.2) is 24.3 Å². The standard InChI is InChI=1S/C16H20F2O3.CO2/c1-10(14-4-2-3-5-15(14)21-16(17)18)19-13-8-11-6-7-12(9-13)20-11;2-1-3/h2-5,10-13,16H,6-9H2,1H3;/t10-,11-,12+,13?;/m0./s1. The number of benzene rings is 1. The number of carbonyl (C=O) groups excluding carboxylic acids is 2. The summed E-state index contributed by atoms with van der Waals surface area (Å²) in [6.07, 6.45) is 4.68. The second-order valence-electron chi connectivity index (χ2n) is 5.83. The van der Waals surface area contributed by atoms with Gasteiger partial charge in [-0.3, -0.25) is 0 Å². The average molecular weight is 342 g/mol. The van der Waals surface area contributed by atoms with E-state index in [0.29, 0.717) is 17.8 Å². The molecule has 0 aromatic heterocycles. The minimum atomic E-state index is -2.82. The highest BCUT2D eigenvalue weighted by Crippen LogP contribution is 2.37. The first kappa shape index (κ1) is 18.5. The van der Waals surface area contributed by atoms with Crippen molar-refractivity contribution in [2.75, 3.05) is 0 Å². The smallest absolute Gasteiger partial charge is 0.387 e. The molecule has 24 heavy (non-hydrogen) atoms. The molecule has 2 saturated heterocycles. The van der Waals surface area contributed by atoms with E-state index in [1.54, 1.807) is 24.3 Å². The van der Waals surface area contributed by atoms with Gasteiger partial charge in [0.25, 0.3) is 0 Å². The van der Waals surface area contributed by atoms with Gasteiger partial charge in [-0.15, -0.1) is 0 Å². The van der Waals surface area contributed by atoms with E-state index in [-0.39, 0.29) is 24.1 Å². The minimum absolute atomic E-state index is 0.130. The Bertz CT molecular complexity index is 548. The Balaban J connectivity index is 0.000000647. The molecule has 2 heterocycles. The fraction of sp³-hybridized carbons (Fsp3) is 0.588.